The molecule has 1 aromatic carbocycles. The third-order valence-electron chi connectivity index (χ3n) is 6.50. The first kappa shape index (κ1) is 33.5. The minimum absolute atomic E-state index is 0.0454. The van der Waals surface area contributed by atoms with E-state index in [1.54, 1.807) is 12.1 Å². The molecular weight excluding hydrogens is 550 g/mol. The van der Waals surface area contributed by atoms with Gasteiger partial charge >= 0.3 is 0 Å². The van der Waals surface area contributed by atoms with Gasteiger partial charge in [-0.3, -0.25) is 20.3 Å². The predicted octanol–water partition coefficient (Wildman–Crippen LogP) is 3.05. The first-order valence-electron chi connectivity index (χ1n) is 13.8. The first-order valence-corrected chi connectivity index (χ1v) is 14.2. The number of nitrogens with two attached hydrogens (primary N) is 2. The van der Waals surface area contributed by atoms with Crippen molar-refractivity contribution < 1.29 is 19.8 Å². The van der Waals surface area contributed by atoms with Crippen molar-refractivity contribution in [3.05, 3.63) is 34.6 Å². The van der Waals surface area contributed by atoms with Crippen LogP contribution in [-0.2, 0) is 4.79 Å². The number of halogens is 1. The van der Waals surface area contributed by atoms with Gasteiger partial charge in [0.15, 0.2) is 28.4 Å². The second-order valence-corrected chi connectivity index (χ2v) is 10.2. The van der Waals surface area contributed by atoms with Crippen LogP contribution >= 0.6 is 11.6 Å². The van der Waals surface area contributed by atoms with Crippen molar-refractivity contribution >= 4 is 47.2 Å². The molecule has 0 aliphatic rings. The molecule has 2 unspecified atom stereocenters. The van der Waals surface area contributed by atoms with E-state index < -0.39 is 12.0 Å². The van der Waals surface area contributed by atoms with Gasteiger partial charge in [0.1, 0.15) is 5.75 Å². The van der Waals surface area contributed by atoms with E-state index in [0.29, 0.717) is 25.1 Å². The van der Waals surface area contributed by atoms with Gasteiger partial charge < -0.3 is 37.6 Å². The van der Waals surface area contributed by atoms with Gasteiger partial charge in [-0.25, -0.2) is 9.97 Å². The Morgan fingerprint density at radius 2 is 1.73 bits per heavy atom. The van der Waals surface area contributed by atoms with Gasteiger partial charge in [0.25, 0.3) is 5.91 Å². The molecule has 0 fully saturated rings. The van der Waals surface area contributed by atoms with Crippen molar-refractivity contribution in [3.8, 4) is 5.75 Å². The van der Waals surface area contributed by atoms with E-state index in [4.69, 9.17) is 28.5 Å². The molecule has 13 nitrogen and oxygen atoms in total. The fraction of sp³-hybridized carbons (Fsp3) is 0.519. The smallest absolute Gasteiger partial charge is 0.280 e. The van der Waals surface area contributed by atoms with Gasteiger partial charge in [0, 0.05) is 19.1 Å². The fourth-order valence-corrected chi connectivity index (χ4v) is 4.27. The third-order valence-corrected chi connectivity index (χ3v) is 6.78. The molecule has 2 rings (SSSR count). The first-order chi connectivity index (χ1) is 19.6. The molecular formula is C27H42ClN9O4. The number of hydrogen-bond acceptors (Lipinski definition) is 10. The summed E-state index contributed by atoms with van der Waals surface area (Å²) in [7, 11) is 0. The average Bonchev–Trinajstić information content (AvgIpc) is 2.93. The van der Waals surface area contributed by atoms with Crippen molar-refractivity contribution in [2.45, 2.75) is 76.9 Å². The number of amides is 2. The van der Waals surface area contributed by atoms with Gasteiger partial charge in [-0.1, -0.05) is 62.6 Å². The Labute approximate surface area is 245 Å². The van der Waals surface area contributed by atoms with Gasteiger partial charge in [-0.15, -0.1) is 0 Å². The Kier molecular flexibility index (Phi) is 14.6. The van der Waals surface area contributed by atoms with E-state index in [1.807, 2.05) is 0 Å². The number of nitrogens with zero attached hydrogens (tertiary/aromatic N) is 2. The zero-order valence-electron chi connectivity index (χ0n) is 23.4. The summed E-state index contributed by atoms with van der Waals surface area (Å²) in [4.78, 5) is 30.4. The van der Waals surface area contributed by atoms with Gasteiger partial charge in [0.05, 0.1) is 11.8 Å². The number of nitrogens with one attached hydrogen (secondary N) is 5. The average molecular weight is 592 g/mol. The minimum Gasteiger partial charge on any atom is -0.506 e. The summed E-state index contributed by atoms with van der Waals surface area (Å²) in [5, 5.41) is 38.9. The molecule has 1 aromatic heterocycles. The maximum atomic E-state index is 12.2. The molecule has 0 saturated heterocycles. The Morgan fingerprint density at radius 1 is 1.07 bits per heavy atom. The van der Waals surface area contributed by atoms with Crippen molar-refractivity contribution in [1.82, 2.24) is 25.9 Å². The number of unbranched alkanes of at least 4 members (excludes halogenated alkanes) is 7. The molecule has 41 heavy (non-hydrogen) atoms. The Balaban J connectivity index is 1.46. The van der Waals surface area contributed by atoms with Crippen LogP contribution in [0.4, 0.5) is 17.3 Å². The number of anilines is 3. The molecule has 0 aliphatic heterocycles. The van der Waals surface area contributed by atoms with Crippen LogP contribution in [0.1, 0.15) is 86.9 Å². The van der Waals surface area contributed by atoms with Crippen LogP contribution in [0.25, 0.3) is 0 Å². The lowest BCUT2D eigenvalue weighted by Gasteiger charge is -2.18. The van der Waals surface area contributed by atoms with Crippen LogP contribution in [0.3, 0.4) is 0 Å². The van der Waals surface area contributed by atoms with Crippen molar-refractivity contribution in [3.63, 3.8) is 0 Å². The van der Waals surface area contributed by atoms with Crippen LogP contribution in [0.15, 0.2) is 18.2 Å². The zero-order valence-corrected chi connectivity index (χ0v) is 24.1. The van der Waals surface area contributed by atoms with E-state index >= 15 is 0 Å². The molecule has 2 aromatic rings. The number of phenolic OH excluding ortho intramolecular Hbond substituents is 1. The molecule has 14 heteroatoms. The summed E-state index contributed by atoms with van der Waals surface area (Å²) >= 11 is 5.78. The number of aromatic nitrogens is 2. The fourth-order valence-electron chi connectivity index (χ4n) is 4.15. The van der Waals surface area contributed by atoms with E-state index in [9.17, 15) is 19.8 Å². The Bertz CT molecular complexity index is 1150. The van der Waals surface area contributed by atoms with Crippen molar-refractivity contribution in [2.75, 3.05) is 29.9 Å². The van der Waals surface area contributed by atoms with Crippen molar-refractivity contribution in [1.29, 1.82) is 5.41 Å². The Morgan fingerprint density at radius 3 is 2.41 bits per heavy atom. The molecule has 1 heterocycles. The number of aromatic hydroxyl groups is 1. The Hall–Kier alpha value is -3.68. The highest BCUT2D eigenvalue weighted by Gasteiger charge is 2.17. The number of phenols is 1. The third kappa shape index (κ3) is 12.2. The summed E-state index contributed by atoms with van der Waals surface area (Å²) in [5.74, 6) is -1.10. The summed E-state index contributed by atoms with van der Waals surface area (Å²) in [6.45, 7) is 3.04. The number of aliphatic hydroxyl groups excluding tert-OH is 1. The summed E-state index contributed by atoms with van der Waals surface area (Å²) in [5.41, 5.74) is 11.9. The van der Waals surface area contributed by atoms with Gasteiger partial charge in [0.2, 0.25) is 6.41 Å². The maximum absolute atomic E-state index is 12.2. The predicted molar refractivity (Wildman–Crippen MR) is 161 cm³/mol. The number of hydrogen-bond donors (Lipinski definition) is 9. The second kappa shape index (κ2) is 17.9. The molecule has 0 bridgehead atoms. The van der Waals surface area contributed by atoms with Crippen LogP contribution in [0, 0.1) is 5.41 Å². The minimum atomic E-state index is -0.742. The van der Waals surface area contributed by atoms with E-state index in [-0.39, 0.29) is 45.9 Å². The number of rotatable bonds is 18. The normalized spacial score (nSPS) is 12.4. The molecule has 0 spiro atoms. The highest BCUT2D eigenvalue weighted by atomic mass is 35.5. The number of aliphatic hydroxyl groups is 1. The largest absolute Gasteiger partial charge is 0.506 e. The summed E-state index contributed by atoms with van der Waals surface area (Å²) in [6.07, 6.45) is 9.52. The maximum Gasteiger partial charge on any atom is 0.280 e. The zero-order chi connectivity index (χ0) is 30.2. The van der Waals surface area contributed by atoms with Gasteiger partial charge in [-0.2, -0.15) is 0 Å². The van der Waals surface area contributed by atoms with E-state index in [2.05, 4.69) is 38.2 Å². The van der Waals surface area contributed by atoms with E-state index in [1.165, 1.54) is 18.9 Å². The van der Waals surface area contributed by atoms with Crippen LogP contribution in [0.2, 0.25) is 5.15 Å². The lowest BCUT2D eigenvalue weighted by molar-refractivity contribution is -0.105. The number of guanidine groups is 1. The van der Waals surface area contributed by atoms with Crippen molar-refractivity contribution in [2.24, 2.45) is 0 Å². The highest BCUT2D eigenvalue weighted by molar-refractivity contribution is 6.31. The number of carbonyl (C=O) groups excluding carboxylic acids is 2. The monoisotopic (exact) mass is 591 g/mol. The molecule has 2 atom stereocenters. The molecule has 0 aliphatic carbocycles. The number of carbonyl (C=O) groups is 2. The SMILES string of the molecule is CC(CCCCCCCCCCNC(=N)NC(=O)c1nc(Cl)c(N)nc1N)NCC(O)c1ccc(O)c(NC=O)c1. The standard InChI is InChI=1S/C27H42ClN9O4/c1-17(33-15-21(40)18-11-12-20(39)19(14-18)34-16-38)10-8-6-4-2-3-5-7-9-13-32-27(31)37-26(41)22-24(29)36-25(30)23(28)35-22/h11-12,14,16-17,21,33,39-40H,2-10,13,15H2,1H3,(H,34,38)(H4,29,30,36)(H3,31,32,37,41). The lowest BCUT2D eigenvalue weighted by Crippen LogP contribution is -2.41. The van der Waals surface area contributed by atoms with E-state index in [0.717, 1.165) is 44.9 Å². The molecule has 2 amide bonds. The lowest BCUT2D eigenvalue weighted by atomic mass is 10.0. The number of benzene rings is 1. The topological polar surface area (TPSA) is 224 Å². The molecule has 0 radical (unpaired) electrons. The highest BCUT2D eigenvalue weighted by Crippen LogP contribution is 2.26. The van der Waals surface area contributed by atoms with Gasteiger partial charge in [-0.05, 0) is 37.5 Å². The number of nitrogen functional groups attached to an aromatic ring is 2. The quantitative estimate of drug-likeness (QED) is 0.0404. The summed E-state index contributed by atoms with van der Waals surface area (Å²) < 4.78 is 0. The molecule has 0 saturated carbocycles. The van der Waals surface area contributed by atoms with Crippen LogP contribution in [-0.4, -0.2) is 57.6 Å². The van der Waals surface area contributed by atoms with Crippen LogP contribution in [0.5, 0.6) is 5.75 Å². The molecule has 226 valence electrons. The molecule has 11 N–H and O–H groups in total. The summed E-state index contributed by atoms with van der Waals surface area (Å²) in [6, 6.07) is 4.92. The van der Waals surface area contributed by atoms with Crippen LogP contribution < -0.4 is 32.7 Å². The second-order valence-electron chi connectivity index (χ2n) is 9.87.